The number of carbonyl (C=O) groups excluding carboxylic acids is 1. The molecule has 1 aromatic carbocycles. The molecule has 0 unspecified atom stereocenters. The number of amides is 1. The van der Waals surface area contributed by atoms with Gasteiger partial charge < -0.3 is 14.6 Å². The van der Waals surface area contributed by atoms with E-state index in [4.69, 9.17) is 9.26 Å². The standard InChI is InChI=1S/C17H17N5O3/c1-3-15-20-16(21-25-15)10-4-5-11-12(9-24-14(11)8-10)19-17(23)13-6-7-18-22(13)2/h4-8,12H,3,9H2,1-2H3,(H,19,23)/t12-/m1/s1. The van der Waals surface area contributed by atoms with Crippen LogP contribution in [0.15, 0.2) is 35.0 Å². The minimum Gasteiger partial charge on any atom is -0.491 e. The molecule has 0 bridgehead atoms. The average molecular weight is 339 g/mol. The minimum atomic E-state index is -0.206. The molecule has 4 rings (SSSR count). The number of carbonyl (C=O) groups is 1. The Kier molecular flexibility index (Phi) is 3.72. The molecule has 0 radical (unpaired) electrons. The predicted molar refractivity (Wildman–Crippen MR) is 88.0 cm³/mol. The first kappa shape index (κ1) is 15.4. The van der Waals surface area contributed by atoms with Gasteiger partial charge in [-0.25, -0.2) is 0 Å². The number of hydrogen-bond donors (Lipinski definition) is 1. The first-order chi connectivity index (χ1) is 12.2. The zero-order valence-electron chi connectivity index (χ0n) is 13.9. The molecular formula is C17H17N5O3. The number of rotatable bonds is 4. The second kappa shape index (κ2) is 6.04. The van der Waals surface area contributed by atoms with E-state index in [2.05, 4.69) is 20.6 Å². The van der Waals surface area contributed by atoms with Gasteiger partial charge in [0, 0.05) is 30.8 Å². The Morgan fingerprint density at radius 1 is 1.40 bits per heavy atom. The molecule has 1 amide bonds. The van der Waals surface area contributed by atoms with Crippen LogP contribution in [0.5, 0.6) is 5.75 Å². The van der Waals surface area contributed by atoms with E-state index in [1.165, 1.54) is 4.68 Å². The van der Waals surface area contributed by atoms with Crippen molar-refractivity contribution in [2.45, 2.75) is 19.4 Å². The third-order valence-corrected chi connectivity index (χ3v) is 4.18. The van der Waals surface area contributed by atoms with Crippen molar-refractivity contribution in [1.29, 1.82) is 0 Å². The van der Waals surface area contributed by atoms with Crippen molar-refractivity contribution < 1.29 is 14.1 Å². The summed E-state index contributed by atoms with van der Waals surface area (Å²) in [5.74, 6) is 1.66. The van der Waals surface area contributed by atoms with E-state index in [9.17, 15) is 4.79 Å². The van der Waals surface area contributed by atoms with Gasteiger partial charge in [-0.05, 0) is 12.1 Å². The van der Waals surface area contributed by atoms with E-state index < -0.39 is 0 Å². The van der Waals surface area contributed by atoms with Crippen molar-refractivity contribution in [1.82, 2.24) is 25.2 Å². The van der Waals surface area contributed by atoms with Crippen LogP contribution in [0.25, 0.3) is 11.4 Å². The van der Waals surface area contributed by atoms with Gasteiger partial charge in [-0.3, -0.25) is 9.48 Å². The van der Waals surface area contributed by atoms with Gasteiger partial charge in [0.05, 0.1) is 6.04 Å². The van der Waals surface area contributed by atoms with Crippen LogP contribution in [0.3, 0.4) is 0 Å². The van der Waals surface area contributed by atoms with Crippen molar-refractivity contribution in [3.63, 3.8) is 0 Å². The lowest BCUT2D eigenvalue weighted by atomic mass is 10.1. The number of benzene rings is 1. The summed E-state index contributed by atoms with van der Waals surface area (Å²) in [6.07, 6.45) is 2.28. The first-order valence-electron chi connectivity index (χ1n) is 8.04. The fourth-order valence-corrected chi connectivity index (χ4v) is 2.81. The summed E-state index contributed by atoms with van der Waals surface area (Å²) in [5, 5.41) is 11.0. The Balaban J connectivity index is 1.55. The number of fused-ring (bicyclic) bond motifs is 1. The molecule has 0 fully saturated rings. The fourth-order valence-electron chi connectivity index (χ4n) is 2.81. The van der Waals surface area contributed by atoms with Crippen LogP contribution < -0.4 is 10.1 Å². The van der Waals surface area contributed by atoms with Gasteiger partial charge in [-0.2, -0.15) is 10.1 Å². The van der Waals surface area contributed by atoms with Crippen molar-refractivity contribution in [2.75, 3.05) is 6.61 Å². The highest BCUT2D eigenvalue weighted by Crippen LogP contribution is 2.35. The Labute approximate surface area is 143 Å². The van der Waals surface area contributed by atoms with E-state index in [-0.39, 0.29) is 11.9 Å². The molecule has 25 heavy (non-hydrogen) atoms. The van der Waals surface area contributed by atoms with Crippen LogP contribution in [0.1, 0.15) is 34.9 Å². The third-order valence-electron chi connectivity index (χ3n) is 4.18. The zero-order valence-corrected chi connectivity index (χ0v) is 13.9. The summed E-state index contributed by atoms with van der Waals surface area (Å²) < 4.78 is 12.4. The summed E-state index contributed by atoms with van der Waals surface area (Å²) in [7, 11) is 1.73. The Morgan fingerprint density at radius 3 is 3.00 bits per heavy atom. The maximum atomic E-state index is 12.4. The monoisotopic (exact) mass is 339 g/mol. The average Bonchev–Trinajstić information content (AvgIpc) is 3.34. The molecule has 2 aromatic heterocycles. The van der Waals surface area contributed by atoms with E-state index in [0.717, 1.165) is 16.9 Å². The van der Waals surface area contributed by atoms with Crippen LogP contribution >= 0.6 is 0 Å². The van der Waals surface area contributed by atoms with Crippen LogP contribution in [-0.4, -0.2) is 32.4 Å². The van der Waals surface area contributed by atoms with Gasteiger partial charge in [0.1, 0.15) is 18.1 Å². The molecule has 8 heteroatoms. The summed E-state index contributed by atoms with van der Waals surface area (Å²) in [5.41, 5.74) is 2.25. The normalized spacial score (nSPS) is 15.7. The lowest BCUT2D eigenvalue weighted by Gasteiger charge is -2.11. The lowest BCUT2D eigenvalue weighted by molar-refractivity contribution is 0.0920. The first-order valence-corrected chi connectivity index (χ1v) is 8.04. The third kappa shape index (κ3) is 2.75. The number of aromatic nitrogens is 4. The van der Waals surface area contributed by atoms with Crippen LogP contribution in [-0.2, 0) is 13.5 Å². The molecule has 0 saturated heterocycles. The zero-order chi connectivity index (χ0) is 17.4. The van der Waals surface area contributed by atoms with Crippen LogP contribution in [0.2, 0.25) is 0 Å². The van der Waals surface area contributed by atoms with Crippen LogP contribution in [0.4, 0.5) is 0 Å². The maximum absolute atomic E-state index is 12.4. The molecule has 0 saturated carbocycles. The molecule has 8 nitrogen and oxygen atoms in total. The Morgan fingerprint density at radius 2 is 2.28 bits per heavy atom. The van der Waals surface area contributed by atoms with Gasteiger partial charge in [-0.15, -0.1) is 0 Å². The molecule has 128 valence electrons. The molecule has 1 aliphatic heterocycles. The van der Waals surface area contributed by atoms with Crippen molar-refractivity contribution >= 4 is 5.91 Å². The fraction of sp³-hybridized carbons (Fsp3) is 0.294. The topological polar surface area (TPSA) is 95.1 Å². The van der Waals surface area contributed by atoms with Gasteiger partial charge in [-0.1, -0.05) is 24.2 Å². The summed E-state index contributed by atoms with van der Waals surface area (Å²) in [6.45, 7) is 2.34. The SMILES string of the molecule is CCc1nc(-c2ccc3c(c2)OC[C@H]3NC(=O)c2ccnn2C)no1. The maximum Gasteiger partial charge on any atom is 0.270 e. The van der Waals surface area contributed by atoms with E-state index in [0.29, 0.717) is 30.4 Å². The molecule has 3 aromatic rings. The Hall–Kier alpha value is -3.16. The number of hydrogen-bond acceptors (Lipinski definition) is 6. The molecule has 0 aliphatic carbocycles. The lowest BCUT2D eigenvalue weighted by Crippen LogP contribution is -2.30. The summed E-state index contributed by atoms with van der Waals surface area (Å²) >= 11 is 0. The molecule has 1 N–H and O–H groups in total. The van der Waals surface area contributed by atoms with E-state index in [1.807, 2.05) is 25.1 Å². The number of nitrogens with zero attached hydrogens (tertiary/aromatic N) is 4. The summed E-state index contributed by atoms with van der Waals surface area (Å²) in [6, 6.07) is 7.17. The van der Waals surface area contributed by atoms with Crippen LogP contribution in [0, 0.1) is 0 Å². The van der Waals surface area contributed by atoms with Gasteiger partial charge in [0.15, 0.2) is 0 Å². The van der Waals surface area contributed by atoms with Gasteiger partial charge >= 0.3 is 0 Å². The van der Waals surface area contributed by atoms with Crippen molar-refractivity contribution in [2.24, 2.45) is 7.05 Å². The highest BCUT2D eigenvalue weighted by molar-refractivity contribution is 5.92. The van der Waals surface area contributed by atoms with Crippen molar-refractivity contribution in [3.8, 4) is 17.1 Å². The molecule has 0 spiro atoms. The van der Waals surface area contributed by atoms with Gasteiger partial charge in [0.2, 0.25) is 11.7 Å². The van der Waals surface area contributed by atoms with E-state index in [1.54, 1.807) is 19.3 Å². The minimum absolute atomic E-state index is 0.184. The molecule has 1 aliphatic rings. The molecule has 3 heterocycles. The summed E-state index contributed by atoms with van der Waals surface area (Å²) in [4.78, 5) is 16.7. The number of aryl methyl sites for hydroxylation is 2. The highest BCUT2D eigenvalue weighted by Gasteiger charge is 2.27. The second-order valence-electron chi connectivity index (χ2n) is 5.79. The number of ether oxygens (including phenoxy) is 1. The molecule has 1 atom stereocenters. The van der Waals surface area contributed by atoms with Gasteiger partial charge in [0.25, 0.3) is 5.91 Å². The Bertz CT molecular complexity index is 930. The predicted octanol–water partition coefficient (Wildman–Crippen LogP) is 1.90. The quantitative estimate of drug-likeness (QED) is 0.780. The second-order valence-corrected chi connectivity index (χ2v) is 5.79. The largest absolute Gasteiger partial charge is 0.491 e. The molecular weight excluding hydrogens is 322 g/mol. The van der Waals surface area contributed by atoms with Crippen molar-refractivity contribution in [3.05, 3.63) is 47.6 Å². The number of nitrogens with one attached hydrogen (secondary N) is 1. The van der Waals surface area contributed by atoms with E-state index >= 15 is 0 Å². The smallest absolute Gasteiger partial charge is 0.270 e. The highest BCUT2D eigenvalue weighted by atomic mass is 16.5.